The van der Waals surface area contributed by atoms with Crippen LogP contribution in [0.2, 0.25) is 0 Å². The first-order valence-corrected chi connectivity index (χ1v) is 10.7. The molecule has 0 amide bonds. The molecule has 4 aromatic carbocycles. The van der Waals surface area contributed by atoms with Gasteiger partial charge in [0.15, 0.2) is 0 Å². The SMILES string of the molecule is Brc1ccc(C2=NC3C=CC=CC3c3c2c2ccccc2c2ccccc32)cc1. The normalized spacial score (nSPS) is 19.8. The van der Waals surface area contributed by atoms with Crippen LogP contribution in [0.1, 0.15) is 22.6 Å². The van der Waals surface area contributed by atoms with Gasteiger partial charge in [-0.3, -0.25) is 4.99 Å². The third-order valence-electron chi connectivity index (χ3n) is 6.04. The van der Waals surface area contributed by atoms with Gasteiger partial charge >= 0.3 is 0 Å². The van der Waals surface area contributed by atoms with Crippen LogP contribution < -0.4 is 0 Å². The Kier molecular flexibility index (Phi) is 3.82. The quantitative estimate of drug-likeness (QED) is 0.280. The van der Waals surface area contributed by atoms with Gasteiger partial charge in [0.05, 0.1) is 11.8 Å². The predicted molar refractivity (Wildman–Crippen MR) is 126 cm³/mol. The lowest BCUT2D eigenvalue weighted by atomic mass is 9.76. The van der Waals surface area contributed by atoms with E-state index in [1.54, 1.807) is 0 Å². The van der Waals surface area contributed by atoms with Crippen molar-refractivity contribution in [3.8, 4) is 0 Å². The molecule has 1 aliphatic carbocycles. The molecule has 138 valence electrons. The van der Waals surface area contributed by atoms with Crippen LogP contribution >= 0.6 is 15.9 Å². The lowest BCUT2D eigenvalue weighted by Gasteiger charge is -2.32. The van der Waals surface area contributed by atoms with Crippen LogP contribution in [-0.2, 0) is 0 Å². The van der Waals surface area contributed by atoms with Crippen LogP contribution in [0.4, 0.5) is 0 Å². The van der Waals surface area contributed by atoms with Gasteiger partial charge in [0.2, 0.25) is 0 Å². The van der Waals surface area contributed by atoms with E-state index >= 15 is 0 Å². The highest BCUT2D eigenvalue weighted by Gasteiger charge is 2.32. The molecule has 0 radical (unpaired) electrons. The van der Waals surface area contributed by atoms with E-state index < -0.39 is 0 Å². The molecule has 29 heavy (non-hydrogen) atoms. The number of nitrogens with zero attached hydrogens (tertiary/aromatic N) is 1. The van der Waals surface area contributed by atoms with Crippen LogP contribution in [0, 0.1) is 0 Å². The zero-order valence-electron chi connectivity index (χ0n) is 15.7. The second-order valence-corrected chi connectivity index (χ2v) is 8.57. The molecule has 0 saturated carbocycles. The Labute approximate surface area is 178 Å². The zero-order valence-corrected chi connectivity index (χ0v) is 17.3. The summed E-state index contributed by atoms with van der Waals surface area (Å²) in [5, 5.41) is 5.23. The van der Waals surface area contributed by atoms with Crippen LogP contribution in [0.25, 0.3) is 21.5 Å². The summed E-state index contributed by atoms with van der Waals surface area (Å²) in [6.45, 7) is 0. The largest absolute Gasteiger partial charge is 0.276 e. The predicted octanol–water partition coefficient (Wildman–Crippen LogP) is 7.18. The van der Waals surface area contributed by atoms with Gasteiger partial charge in [-0.15, -0.1) is 0 Å². The standard InChI is InChI=1S/C27H18BrN/c28-18-15-13-17(14-16-18)27-26-22-10-4-2-8-20(22)19-7-1-3-9-21(19)25(26)23-11-5-6-12-24(23)29-27/h1-16,23-24H. The Hall–Kier alpha value is -2.97. The molecule has 2 aliphatic rings. The van der Waals surface area contributed by atoms with Gasteiger partial charge in [0.1, 0.15) is 0 Å². The maximum Gasteiger partial charge on any atom is 0.0794 e. The summed E-state index contributed by atoms with van der Waals surface area (Å²) in [6, 6.07) is 26.2. The molecular weight excluding hydrogens is 418 g/mol. The molecule has 2 atom stereocenters. The van der Waals surface area contributed by atoms with E-state index in [0.29, 0.717) is 0 Å². The Morgan fingerprint density at radius 1 is 0.655 bits per heavy atom. The first-order chi connectivity index (χ1) is 14.3. The molecule has 0 fully saturated rings. The smallest absolute Gasteiger partial charge is 0.0794 e. The lowest BCUT2D eigenvalue weighted by Crippen LogP contribution is -2.26. The number of halogens is 1. The average molecular weight is 436 g/mol. The summed E-state index contributed by atoms with van der Waals surface area (Å²) in [7, 11) is 0. The topological polar surface area (TPSA) is 12.4 Å². The monoisotopic (exact) mass is 435 g/mol. The second-order valence-electron chi connectivity index (χ2n) is 7.65. The number of fused-ring (bicyclic) bond motifs is 8. The van der Waals surface area contributed by atoms with Crippen LogP contribution in [-0.4, -0.2) is 11.8 Å². The number of allylic oxidation sites excluding steroid dienone is 2. The maximum absolute atomic E-state index is 5.27. The Bertz CT molecular complexity index is 1360. The molecule has 1 aliphatic heterocycles. The van der Waals surface area contributed by atoms with E-state index in [1.165, 1.54) is 32.7 Å². The van der Waals surface area contributed by atoms with Gasteiger partial charge in [-0.25, -0.2) is 0 Å². The van der Waals surface area contributed by atoms with Crippen LogP contribution in [0.3, 0.4) is 0 Å². The first kappa shape index (κ1) is 16.9. The highest BCUT2D eigenvalue weighted by molar-refractivity contribution is 9.10. The van der Waals surface area contributed by atoms with Gasteiger partial charge in [0, 0.05) is 21.5 Å². The fourth-order valence-electron chi connectivity index (χ4n) is 4.80. The third-order valence-corrected chi connectivity index (χ3v) is 6.57. The highest BCUT2D eigenvalue weighted by atomic mass is 79.9. The third kappa shape index (κ3) is 2.56. The number of hydrogen-bond donors (Lipinski definition) is 0. The molecular formula is C27H18BrN. The number of benzene rings is 4. The van der Waals surface area contributed by atoms with E-state index in [0.717, 1.165) is 15.7 Å². The molecule has 2 unspecified atom stereocenters. The van der Waals surface area contributed by atoms with E-state index in [-0.39, 0.29) is 12.0 Å². The molecule has 4 aromatic rings. The van der Waals surface area contributed by atoms with Crippen molar-refractivity contribution >= 4 is 43.2 Å². The van der Waals surface area contributed by atoms with Gasteiger partial charge in [-0.2, -0.15) is 0 Å². The lowest BCUT2D eigenvalue weighted by molar-refractivity contribution is 0.709. The summed E-state index contributed by atoms with van der Waals surface area (Å²) >= 11 is 3.57. The minimum Gasteiger partial charge on any atom is -0.276 e. The van der Waals surface area contributed by atoms with Crippen molar-refractivity contribution in [2.75, 3.05) is 0 Å². The maximum atomic E-state index is 5.27. The molecule has 1 nitrogen and oxygen atoms in total. The van der Waals surface area contributed by atoms with E-state index in [4.69, 9.17) is 4.99 Å². The van der Waals surface area contributed by atoms with Gasteiger partial charge in [-0.1, -0.05) is 101 Å². The Morgan fingerprint density at radius 2 is 1.28 bits per heavy atom. The fourth-order valence-corrected chi connectivity index (χ4v) is 5.06. The first-order valence-electron chi connectivity index (χ1n) is 9.94. The summed E-state index contributed by atoms with van der Waals surface area (Å²) < 4.78 is 1.08. The minimum absolute atomic E-state index is 0.135. The van der Waals surface area contributed by atoms with Crippen molar-refractivity contribution in [3.05, 3.63) is 118 Å². The van der Waals surface area contributed by atoms with Crippen molar-refractivity contribution in [3.63, 3.8) is 0 Å². The average Bonchev–Trinajstić information content (AvgIpc) is 2.79. The minimum atomic E-state index is 0.135. The van der Waals surface area contributed by atoms with Gasteiger partial charge in [0.25, 0.3) is 0 Å². The molecule has 0 N–H and O–H groups in total. The summed E-state index contributed by atoms with van der Waals surface area (Å²) in [4.78, 5) is 5.27. The highest BCUT2D eigenvalue weighted by Crippen LogP contribution is 2.44. The number of hydrogen-bond acceptors (Lipinski definition) is 1. The Morgan fingerprint density at radius 3 is 2.03 bits per heavy atom. The number of rotatable bonds is 1. The van der Waals surface area contributed by atoms with Crippen molar-refractivity contribution in [1.29, 1.82) is 0 Å². The second kappa shape index (κ2) is 6.53. The van der Waals surface area contributed by atoms with Crippen molar-refractivity contribution < 1.29 is 0 Å². The van der Waals surface area contributed by atoms with Gasteiger partial charge in [-0.05, 0) is 39.2 Å². The zero-order chi connectivity index (χ0) is 19.4. The van der Waals surface area contributed by atoms with E-state index in [1.807, 2.05) is 0 Å². The van der Waals surface area contributed by atoms with Crippen molar-refractivity contribution in [1.82, 2.24) is 0 Å². The molecule has 0 saturated heterocycles. The summed E-state index contributed by atoms with van der Waals surface area (Å²) in [5.41, 5.74) is 4.94. The summed E-state index contributed by atoms with van der Waals surface area (Å²) in [6.07, 6.45) is 8.83. The molecule has 0 aromatic heterocycles. The Balaban J connectivity index is 1.79. The van der Waals surface area contributed by atoms with Gasteiger partial charge < -0.3 is 0 Å². The van der Waals surface area contributed by atoms with E-state index in [2.05, 4.69) is 113 Å². The molecule has 6 rings (SSSR count). The molecule has 0 bridgehead atoms. The fraction of sp³-hybridized carbons (Fsp3) is 0.0741. The number of aliphatic imine (C=N–C) groups is 1. The van der Waals surface area contributed by atoms with Crippen molar-refractivity contribution in [2.24, 2.45) is 4.99 Å². The molecule has 1 heterocycles. The summed E-state index contributed by atoms with van der Waals surface area (Å²) in [5.74, 6) is 0.267. The molecule has 0 spiro atoms. The van der Waals surface area contributed by atoms with Crippen LogP contribution in [0.5, 0.6) is 0 Å². The molecule has 2 heteroatoms. The van der Waals surface area contributed by atoms with E-state index in [9.17, 15) is 0 Å². The van der Waals surface area contributed by atoms with Crippen LogP contribution in [0.15, 0.2) is 107 Å². The van der Waals surface area contributed by atoms with Crippen molar-refractivity contribution in [2.45, 2.75) is 12.0 Å².